The number of esters is 1. The van der Waals surface area contributed by atoms with E-state index in [0.29, 0.717) is 18.4 Å². The van der Waals surface area contributed by atoms with E-state index in [1.54, 1.807) is 30.3 Å². The Kier molecular flexibility index (Phi) is 4.74. The Balaban J connectivity index is 1.54. The van der Waals surface area contributed by atoms with Gasteiger partial charge in [0.05, 0.1) is 11.8 Å². The highest BCUT2D eigenvalue weighted by molar-refractivity contribution is 6.07. The lowest BCUT2D eigenvalue weighted by Gasteiger charge is -2.19. The second-order valence-corrected chi connectivity index (χ2v) is 6.21. The molecule has 1 heterocycles. The molecule has 3 rings (SSSR count). The zero-order valence-corrected chi connectivity index (χ0v) is 13.3. The lowest BCUT2D eigenvalue weighted by Crippen LogP contribution is -2.37. The number of Topliss-reactive ketones (excluding diaryl/α,β-unsaturated/α-hetero) is 1. The van der Waals surface area contributed by atoms with Gasteiger partial charge in [-0.3, -0.25) is 24.1 Å². The van der Waals surface area contributed by atoms with Crippen LogP contribution < -0.4 is 0 Å². The van der Waals surface area contributed by atoms with E-state index >= 15 is 0 Å². The van der Waals surface area contributed by atoms with Gasteiger partial charge in [-0.1, -0.05) is 43.2 Å². The second-order valence-electron chi connectivity index (χ2n) is 6.21. The van der Waals surface area contributed by atoms with Crippen molar-refractivity contribution in [2.24, 2.45) is 11.8 Å². The zero-order chi connectivity index (χ0) is 17.1. The number of imide groups is 1. The predicted molar refractivity (Wildman–Crippen MR) is 83.9 cm³/mol. The standard InChI is InChI=1S/C18H19NO5/c20-15(12-6-2-1-3-7-12)11-24-16(21)10-19-17(22)13-8-4-5-9-14(13)18(19)23/h1-3,6-7,13-14H,4-5,8-11H2/t13-,14-/m0/s1. The Morgan fingerprint density at radius 1 is 1.00 bits per heavy atom. The number of fused-ring (bicyclic) bond motifs is 1. The minimum absolute atomic E-state index is 0.281. The molecule has 24 heavy (non-hydrogen) atoms. The average molecular weight is 329 g/mol. The first-order valence-electron chi connectivity index (χ1n) is 8.17. The molecule has 0 unspecified atom stereocenters. The third-order valence-electron chi connectivity index (χ3n) is 4.68. The zero-order valence-electron chi connectivity index (χ0n) is 13.3. The van der Waals surface area contributed by atoms with Gasteiger partial charge in [-0.05, 0) is 12.8 Å². The maximum atomic E-state index is 12.3. The van der Waals surface area contributed by atoms with E-state index in [4.69, 9.17) is 4.74 Å². The van der Waals surface area contributed by atoms with Gasteiger partial charge in [-0.2, -0.15) is 0 Å². The van der Waals surface area contributed by atoms with E-state index < -0.39 is 19.1 Å². The highest BCUT2D eigenvalue weighted by Gasteiger charge is 2.48. The number of ether oxygens (including phenoxy) is 1. The molecule has 0 bridgehead atoms. The van der Waals surface area contributed by atoms with Gasteiger partial charge in [-0.25, -0.2) is 0 Å². The van der Waals surface area contributed by atoms with Gasteiger partial charge in [0.15, 0.2) is 12.4 Å². The number of amides is 2. The molecule has 2 atom stereocenters. The van der Waals surface area contributed by atoms with Gasteiger partial charge >= 0.3 is 5.97 Å². The number of carbonyl (C=O) groups is 4. The Morgan fingerprint density at radius 3 is 2.17 bits per heavy atom. The molecule has 1 aliphatic heterocycles. The largest absolute Gasteiger partial charge is 0.456 e. The van der Waals surface area contributed by atoms with E-state index in [1.807, 2.05) is 0 Å². The van der Waals surface area contributed by atoms with Crippen LogP contribution in [0, 0.1) is 11.8 Å². The van der Waals surface area contributed by atoms with Crippen molar-refractivity contribution in [3.05, 3.63) is 35.9 Å². The lowest BCUT2D eigenvalue weighted by atomic mass is 9.81. The maximum absolute atomic E-state index is 12.3. The van der Waals surface area contributed by atoms with Gasteiger partial charge < -0.3 is 4.74 Å². The molecular formula is C18H19NO5. The van der Waals surface area contributed by atoms with Gasteiger partial charge in [0, 0.05) is 5.56 Å². The minimum Gasteiger partial charge on any atom is -0.456 e. The maximum Gasteiger partial charge on any atom is 0.326 e. The highest BCUT2D eigenvalue weighted by atomic mass is 16.5. The molecule has 6 nitrogen and oxygen atoms in total. The van der Waals surface area contributed by atoms with E-state index in [9.17, 15) is 19.2 Å². The van der Waals surface area contributed by atoms with Crippen LogP contribution in [0.25, 0.3) is 0 Å². The molecule has 1 aliphatic carbocycles. The molecule has 2 amide bonds. The van der Waals surface area contributed by atoms with Gasteiger partial charge in [0.25, 0.3) is 0 Å². The van der Waals surface area contributed by atoms with Crippen LogP contribution in [0.3, 0.4) is 0 Å². The van der Waals surface area contributed by atoms with E-state index in [-0.39, 0.29) is 29.4 Å². The second kappa shape index (κ2) is 6.95. The summed E-state index contributed by atoms with van der Waals surface area (Å²) in [5.41, 5.74) is 0.449. The molecule has 1 saturated heterocycles. The minimum atomic E-state index is -0.736. The van der Waals surface area contributed by atoms with Crippen LogP contribution in [0.5, 0.6) is 0 Å². The lowest BCUT2D eigenvalue weighted by molar-refractivity contribution is -0.152. The highest BCUT2D eigenvalue weighted by Crippen LogP contribution is 2.37. The number of likely N-dealkylation sites (tertiary alicyclic amines) is 1. The molecule has 1 saturated carbocycles. The van der Waals surface area contributed by atoms with E-state index in [2.05, 4.69) is 0 Å². The average Bonchev–Trinajstić information content (AvgIpc) is 2.86. The SMILES string of the molecule is O=C(CN1C(=O)[C@H]2CCCC[C@@H]2C1=O)OCC(=O)c1ccccc1. The first-order valence-corrected chi connectivity index (χ1v) is 8.17. The van der Waals surface area contributed by atoms with Crippen LogP contribution in [-0.2, 0) is 19.1 Å². The summed E-state index contributed by atoms with van der Waals surface area (Å²) in [5, 5.41) is 0. The van der Waals surface area contributed by atoms with Gasteiger partial charge in [0.1, 0.15) is 6.54 Å². The van der Waals surface area contributed by atoms with Crippen LogP contribution >= 0.6 is 0 Å². The fraction of sp³-hybridized carbons (Fsp3) is 0.444. The number of nitrogens with zero attached hydrogens (tertiary/aromatic N) is 1. The Morgan fingerprint density at radius 2 is 1.58 bits per heavy atom. The molecule has 2 fully saturated rings. The summed E-state index contributed by atoms with van der Waals surface area (Å²) >= 11 is 0. The molecule has 0 aromatic heterocycles. The molecular weight excluding hydrogens is 310 g/mol. The molecule has 1 aromatic carbocycles. The first-order chi connectivity index (χ1) is 11.6. The summed E-state index contributed by atoms with van der Waals surface area (Å²) in [4.78, 5) is 49.4. The number of ketones is 1. The number of hydrogen-bond acceptors (Lipinski definition) is 5. The number of hydrogen-bond donors (Lipinski definition) is 0. The van der Waals surface area contributed by atoms with Crippen molar-refractivity contribution < 1.29 is 23.9 Å². The van der Waals surface area contributed by atoms with Crippen molar-refractivity contribution in [3.63, 3.8) is 0 Å². The molecule has 1 aromatic rings. The topological polar surface area (TPSA) is 80.8 Å². The summed E-state index contributed by atoms with van der Waals surface area (Å²) < 4.78 is 4.94. The molecule has 0 radical (unpaired) electrons. The number of rotatable bonds is 5. The summed E-state index contributed by atoms with van der Waals surface area (Å²) in [6.45, 7) is -0.807. The quantitative estimate of drug-likeness (QED) is 0.465. The van der Waals surface area contributed by atoms with Crippen LogP contribution in [-0.4, -0.2) is 41.6 Å². The molecule has 126 valence electrons. The van der Waals surface area contributed by atoms with Gasteiger partial charge in [0.2, 0.25) is 11.8 Å². The summed E-state index contributed by atoms with van der Waals surface area (Å²) in [5.74, 6) is -2.20. The van der Waals surface area contributed by atoms with Crippen LogP contribution in [0.15, 0.2) is 30.3 Å². The monoisotopic (exact) mass is 329 g/mol. The number of benzene rings is 1. The van der Waals surface area contributed by atoms with Crippen LogP contribution in [0.1, 0.15) is 36.0 Å². The number of carbonyl (C=O) groups excluding carboxylic acids is 4. The third kappa shape index (κ3) is 3.22. The molecule has 2 aliphatic rings. The summed E-state index contributed by atoms with van der Waals surface area (Å²) in [6, 6.07) is 8.49. The van der Waals surface area contributed by atoms with Crippen molar-refractivity contribution >= 4 is 23.6 Å². The molecule has 0 spiro atoms. The van der Waals surface area contributed by atoms with Crippen molar-refractivity contribution in [3.8, 4) is 0 Å². The Labute approximate surface area is 139 Å². The normalized spacial score (nSPS) is 23.1. The van der Waals surface area contributed by atoms with Crippen molar-refractivity contribution in [2.75, 3.05) is 13.2 Å². The van der Waals surface area contributed by atoms with Crippen LogP contribution in [0.4, 0.5) is 0 Å². The smallest absolute Gasteiger partial charge is 0.326 e. The van der Waals surface area contributed by atoms with Gasteiger partial charge in [-0.15, -0.1) is 0 Å². The van der Waals surface area contributed by atoms with E-state index in [0.717, 1.165) is 17.7 Å². The predicted octanol–water partition coefficient (Wildman–Crippen LogP) is 1.59. The van der Waals surface area contributed by atoms with Crippen LogP contribution in [0.2, 0.25) is 0 Å². The molecule has 0 N–H and O–H groups in total. The van der Waals surface area contributed by atoms with Crippen molar-refractivity contribution in [1.82, 2.24) is 4.90 Å². The fourth-order valence-electron chi connectivity index (χ4n) is 3.41. The fourth-order valence-corrected chi connectivity index (χ4v) is 3.41. The van der Waals surface area contributed by atoms with Crippen molar-refractivity contribution in [1.29, 1.82) is 0 Å². The summed E-state index contributed by atoms with van der Waals surface area (Å²) in [7, 11) is 0. The Bertz CT molecular complexity index is 645. The van der Waals surface area contributed by atoms with Crippen molar-refractivity contribution in [2.45, 2.75) is 25.7 Å². The first kappa shape index (κ1) is 16.4. The molecule has 6 heteroatoms. The Hall–Kier alpha value is -2.50. The summed E-state index contributed by atoms with van der Waals surface area (Å²) in [6.07, 6.45) is 3.27. The van der Waals surface area contributed by atoms with E-state index in [1.165, 1.54) is 0 Å². The third-order valence-corrected chi connectivity index (χ3v) is 4.68.